The molecule has 2 aromatic heterocycles. The smallest absolute Gasteiger partial charge is 0.0979 e. The van der Waals surface area contributed by atoms with E-state index in [1.807, 2.05) is 42.8 Å². The summed E-state index contributed by atoms with van der Waals surface area (Å²) in [6.07, 6.45) is 1.77. The summed E-state index contributed by atoms with van der Waals surface area (Å²) in [7, 11) is 0. The number of hydrogen-bond donors (Lipinski definition) is 1. The Morgan fingerprint density at radius 3 is 2.68 bits per heavy atom. The van der Waals surface area contributed by atoms with Gasteiger partial charge in [0.25, 0.3) is 0 Å². The summed E-state index contributed by atoms with van der Waals surface area (Å²) in [4.78, 5) is 4.44. The molecule has 0 atom stereocenters. The molecule has 3 rings (SSSR count). The van der Waals surface area contributed by atoms with E-state index in [9.17, 15) is 0 Å². The molecule has 0 aliphatic carbocycles. The van der Waals surface area contributed by atoms with Gasteiger partial charge >= 0.3 is 0 Å². The predicted molar refractivity (Wildman–Crippen MR) is 80.5 cm³/mol. The highest BCUT2D eigenvalue weighted by Gasteiger charge is 2.13. The second-order valence-corrected chi connectivity index (χ2v) is 5.26. The van der Waals surface area contributed by atoms with Crippen molar-refractivity contribution in [1.29, 1.82) is 0 Å². The zero-order valence-electron chi connectivity index (χ0n) is 10.7. The van der Waals surface area contributed by atoms with Gasteiger partial charge in [0.05, 0.1) is 27.1 Å². The molecule has 3 aromatic rings. The Kier molecular flexibility index (Phi) is 2.78. The second kappa shape index (κ2) is 4.35. The zero-order chi connectivity index (χ0) is 13.6. The molecular formula is C14H13BrN4. The minimum atomic E-state index is 0.729. The molecule has 1 aromatic carbocycles. The van der Waals surface area contributed by atoms with Crippen LogP contribution in [-0.4, -0.2) is 14.8 Å². The van der Waals surface area contributed by atoms with Gasteiger partial charge in [-0.15, -0.1) is 0 Å². The third kappa shape index (κ3) is 1.81. The summed E-state index contributed by atoms with van der Waals surface area (Å²) < 4.78 is 2.92. The topological polar surface area (TPSA) is 56.7 Å². The number of aromatic nitrogens is 3. The molecule has 2 heterocycles. The number of rotatable bonds is 1. The van der Waals surface area contributed by atoms with E-state index < -0.39 is 0 Å². The molecule has 0 unspecified atom stereocenters. The standard InChI is InChI=1S/C14H13BrN4/c1-8-13(15)9(2)19(18-8)12-6-5-11(16)10-4-3-7-17-14(10)12/h3-7H,16H2,1-2H3. The van der Waals surface area contributed by atoms with Crippen molar-refractivity contribution in [3.8, 4) is 5.69 Å². The van der Waals surface area contributed by atoms with Gasteiger partial charge in [0, 0.05) is 17.3 Å². The van der Waals surface area contributed by atoms with Gasteiger partial charge in [0.15, 0.2) is 0 Å². The molecule has 0 radical (unpaired) electrons. The maximum absolute atomic E-state index is 6.00. The van der Waals surface area contributed by atoms with E-state index in [1.54, 1.807) is 6.20 Å². The fourth-order valence-corrected chi connectivity index (χ4v) is 2.46. The molecule has 0 fully saturated rings. The second-order valence-electron chi connectivity index (χ2n) is 4.47. The van der Waals surface area contributed by atoms with Gasteiger partial charge in [-0.2, -0.15) is 5.10 Å². The van der Waals surface area contributed by atoms with E-state index in [-0.39, 0.29) is 0 Å². The van der Waals surface area contributed by atoms with Crippen LogP contribution in [0.25, 0.3) is 16.6 Å². The number of nitrogen functional groups attached to an aromatic ring is 1. The van der Waals surface area contributed by atoms with Gasteiger partial charge < -0.3 is 5.73 Å². The summed E-state index contributed by atoms with van der Waals surface area (Å²) in [5.74, 6) is 0. The lowest BCUT2D eigenvalue weighted by molar-refractivity contribution is 0.837. The minimum absolute atomic E-state index is 0.729. The van der Waals surface area contributed by atoms with Gasteiger partial charge in [0.1, 0.15) is 0 Å². The van der Waals surface area contributed by atoms with E-state index in [0.717, 1.165) is 38.1 Å². The normalized spacial score (nSPS) is 11.1. The van der Waals surface area contributed by atoms with Crippen LogP contribution in [-0.2, 0) is 0 Å². The van der Waals surface area contributed by atoms with Crippen molar-refractivity contribution < 1.29 is 0 Å². The molecule has 0 spiro atoms. The number of hydrogen-bond acceptors (Lipinski definition) is 3. The molecule has 0 aliphatic rings. The highest BCUT2D eigenvalue weighted by Crippen LogP contribution is 2.28. The van der Waals surface area contributed by atoms with Crippen LogP contribution in [0.15, 0.2) is 34.9 Å². The van der Waals surface area contributed by atoms with Crippen molar-refractivity contribution in [2.45, 2.75) is 13.8 Å². The highest BCUT2D eigenvalue weighted by molar-refractivity contribution is 9.10. The van der Waals surface area contributed by atoms with E-state index in [0.29, 0.717) is 0 Å². The lowest BCUT2D eigenvalue weighted by atomic mass is 10.1. The summed E-state index contributed by atoms with van der Waals surface area (Å²) in [5, 5.41) is 5.50. The zero-order valence-corrected chi connectivity index (χ0v) is 12.3. The van der Waals surface area contributed by atoms with Crippen molar-refractivity contribution in [2.24, 2.45) is 0 Å². The van der Waals surface area contributed by atoms with Crippen LogP contribution < -0.4 is 5.73 Å². The fourth-order valence-electron chi connectivity index (χ4n) is 2.21. The molecule has 4 nitrogen and oxygen atoms in total. The van der Waals surface area contributed by atoms with Crippen LogP contribution in [0, 0.1) is 13.8 Å². The van der Waals surface area contributed by atoms with Crippen LogP contribution >= 0.6 is 15.9 Å². The number of pyridine rings is 1. The first-order valence-electron chi connectivity index (χ1n) is 5.95. The van der Waals surface area contributed by atoms with Crippen molar-refractivity contribution in [2.75, 3.05) is 5.73 Å². The number of benzene rings is 1. The number of nitrogens with two attached hydrogens (primary N) is 1. The van der Waals surface area contributed by atoms with Crippen LogP contribution in [0.4, 0.5) is 5.69 Å². The summed E-state index contributed by atoms with van der Waals surface area (Å²) in [6.45, 7) is 4.00. The fraction of sp³-hybridized carbons (Fsp3) is 0.143. The van der Waals surface area contributed by atoms with Gasteiger partial charge in [-0.1, -0.05) is 0 Å². The van der Waals surface area contributed by atoms with Crippen LogP contribution in [0.1, 0.15) is 11.4 Å². The molecule has 0 saturated carbocycles. The highest BCUT2D eigenvalue weighted by atomic mass is 79.9. The van der Waals surface area contributed by atoms with E-state index in [1.165, 1.54) is 0 Å². The summed E-state index contributed by atoms with van der Waals surface area (Å²) >= 11 is 3.55. The quantitative estimate of drug-likeness (QED) is 0.700. The number of halogens is 1. The Hall–Kier alpha value is -1.88. The molecule has 0 saturated heterocycles. The maximum Gasteiger partial charge on any atom is 0.0979 e. The Morgan fingerprint density at radius 2 is 2.00 bits per heavy atom. The maximum atomic E-state index is 6.00. The Labute approximate surface area is 119 Å². The molecule has 0 amide bonds. The Balaban J connectivity index is 2.37. The molecular weight excluding hydrogens is 304 g/mol. The number of aryl methyl sites for hydroxylation is 1. The summed E-state index contributed by atoms with van der Waals surface area (Å²) in [5.41, 5.74) is 10.5. The lowest BCUT2D eigenvalue weighted by Gasteiger charge is -2.09. The first-order valence-corrected chi connectivity index (χ1v) is 6.74. The van der Waals surface area contributed by atoms with Crippen molar-refractivity contribution in [1.82, 2.24) is 14.8 Å². The number of nitrogens with zero attached hydrogens (tertiary/aromatic N) is 3. The lowest BCUT2D eigenvalue weighted by Crippen LogP contribution is -2.02. The van der Waals surface area contributed by atoms with Gasteiger partial charge in [0.2, 0.25) is 0 Å². The van der Waals surface area contributed by atoms with E-state index in [2.05, 4.69) is 26.0 Å². The van der Waals surface area contributed by atoms with Gasteiger partial charge in [-0.3, -0.25) is 4.98 Å². The van der Waals surface area contributed by atoms with Crippen molar-refractivity contribution in [3.05, 3.63) is 46.3 Å². The molecule has 19 heavy (non-hydrogen) atoms. The van der Waals surface area contributed by atoms with E-state index >= 15 is 0 Å². The van der Waals surface area contributed by atoms with E-state index in [4.69, 9.17) is 5.73 Å². The number of anilines is 1. The van der Waals surface area contributed by atoms with Crippen LogP contribution in [0.2, 0.25) is 0 Å². The van der Waals surface area contributed by atoms with Crippen molar-refractivity contribution in [3.63, 3.8) is 0 Å². The molecule has 0 aliphatic heterocycles. The van der Waals surface area contributed by atoms with Crippen LogP contribution in [0.5, 0.6) is 0 Å². The molecule has 2 N–H and O–H groups in total. The molecule has 0 bridgehead atoms. The number of fused-ring (bicyclic) bond motifs is 1. The average molecular weight is 317 g/mol. The first kappa shape index (κ1) is 12.2. The Morgan fingerprint density at radius 1 is 1.21 bits per heavy atom. The predicted octanol–water partition coefficient (Wildman–Crippen LogP) is 3.38. The molecule has 96 valence electrons. The van der Waals surface area contributed by atoms with Gasteiger partial charge in [-0.25, -0.2) is 4.68 Å². The minimum Gasteiger partial charge on any atom is -0.398 e. The van der Waals surface area contributed by atoms with Gasteiger partial charge in [-0.05, 0) is 54.0 Å². The third-order valence-corrected chi connectivity index (χ3v) is 4.36. The summed E-state index contributed by atoms with van der Waals surface area (Å²) in [6, 6.07) is 7.71. The largest absolute Gasteiger partial charge is 0.398 e. The first-order chi connectivity index (χ1) is 9.09. The average Bonchev–Trinajstić information content (AvgIpc) is 2.67. The Bertz CT molecular complexity index is 776. The van der Waals surface area contributed by atoms with Crippen LogP contribution in [0.3, 0.4) is 0 Å². The SMILES string of the molecule is Cc1nn(-c2ccc(N)c3cccnc23)c(C)c1Br. The van der Waals surface area contributed by atoms with Crippen molar-refractivity contribution >= 4 is 32.5 Å². The monoisotopic (exact) mass is 316 g/mol. The molecule has 5 heteroatoms. The third-order valence-electron chi connectivity index (χ3n) is 3.21.